The van der Waals surface area contributed by atoms with Crippen molar-refractivity contribution in [2.45, 2.75) is 110 Å². The van der Waals surface area contributed by atoms with E-state index in [1.807, 2.05) is 0 Å². The van der Waals surface area contributed by atoms with E-state index in [9.17, 15) is 34.5 Å². The highest BCUT2D eigenvalue weighted by Gasteiger charge is 2.73. The van der Waals surface area contributed by atoms with Crippen LogP contribution in [0, 0.1) is 16.7 Å². The first-order chi connectivity index (χ1) is 17.8. The van der Waals surface area contributed by atoms with Gasteiger partial charge in [0.05, 0.1) is 28.6 Å². The second kappa shape index (κ2) is 10.3. The maximum absolute atomic E-state index is 12.7. The average Bonchev–Trinajstić information content (AvgIpc) is 3.00. The van der Waals surface area contributed by atoms with Gasteiger partial charge in [0.15, 0.2) is 12.2 Å². The van der Waals surface area contributed by atoms with E-state index in [2.05, 4.69) is 6.58 Å². The molecule has 218 valence electrons. The van der Waals surface area contributed by atoms with Crippen molar-refractivity contribution in [1.29, 1.82) is 0 Å². The van der Waals surface area contributed by atoms with E-state index in [1.165, 1.54) is 41.5 Å². The van der Waals surface area contributed by atoms with Gasteiger partial charge in [0.25, 0.3) is 0 Å². The van der Waals surface area contributed by atoms with Crippen LogP contribution in [-0.2, 0) is 38.1 Å². The maximum Gasteiger partial charge on any atom is 0.303 e. The predicted octanol–water partition coefficient (Wildman–Crippen LogP) is 1.51. The van der Waals surface area contributed by atoms with E-state index >= 15 is 0 Å². The molecule has 3 aliphatic rings. The lowest BCUT2D eigenvalue weighted by Crippen LogP contribution is -2.63. The van der Waals surface area contributed by atoms with Gasteiger partial charge in [-0.1, -0.05) is 13.5 Å². The molecular weight excluding hydrogens is 512 g/mol. The van der Waals surface area contributed by atoms with E-state index < -0.39 is 82.8 Å². The summed E-state index contributed by atoms with van der Waals surface area (Å²) in [7, 11) is 0. The number of fused-ring (bicyclic) bond motifs is 2. The fraction of sp³-hybridized carbons (Fsp3) is 0.714. The molecule has 11 heteroatoms. The van der Waals surface area contributed by atoms with Gasteiger partial charge in [-0.3, -0.25) is 19.2 Å². The molecular formula is C28H40O11. The minimum absolute atomic E-state index is 0.126. The third-order valence-corrected chi connectivity index (χ3v) is 8.79. The van der Waals surface area contributed by atoms with Gasteiger partial charge in [-0.2, -0.15) is 0 Å². The number of esters is 4. The van der Waals surface area contributed by atoms with Crippen molar-refractivity contribution in [3.05, 3.63) is 23.3 Å². The smallest absolute Gasteiger partial charge is 0.303 e. The molecule has 1 unspecified atom stereocenters. The Balaban J connectivity index is 2.58. The molecule has 3 rings (SSSR count). The van der Waals surface area contributed by atoms with Gasteiger partial charge in [0, 0.05) is 40.0 Å². The Morgan fingerprint density at radius 2 is 1.36 bits per heavy atom. The second-order valence-corrected chi connectivity index (χ2v) is 11.7. The van der Waals surface area contributed by atoms with Gasteiger partial charge in [-0.15, -0.1) is 0 Å². The van der Waals surface area contributed by atoms with Gasteiger partial charge < -0.3 is 34.3 Å². The monoisotopic (exact) mass is 552 g/mol. The standard InChI is InChI=1S/C28H40O11/c1-12-18(33)10-20(36-14(3)29)27(9)22(12)24(38-16(5)31)28(26(7,8)35)11-19(34)13(2)21(28)23(37-15(4)30)25(27)39-17(6)32/h18-20,22-25,33-35H,1,10-11H2,2-9H3/t18-,19-,20-,22?,23+,24-,25-,27+,28-/m0/s1. The van der Waals surface area contributed by atoms with Crippen LogP contribution in [0.2, 0.25) is 0 Å². The summed E-state index contributed by atoms with van der Waals surface area (Å²) < 4.78 is 23.4. The van der Waals surface area contributed by atoms with Crippen LogP contribution in [0.1, 0.15) is 68.2 Å². The Morgan fingerprint density at radius 1 is 0.872 bits per heavy atom. The Kier molecular flexibility index (Phi) is 8.15. The number of ether oxygens (including phenoxy) is 4. The highest BCUT2D eigenvalue weighted by atomic mass is 16.6. The molecule has 0 heterocycles. The fourth-order valence-electron chi connectivity index (χ4n) is 7.22. The fourth-order valence-corrected chi connectivity index (χ4v) is 7.22. The van der Waals surface area contributed by atoms with Gasteiger partial charge in [0.1, 0.15) is 12.2 Å². The van der Waals surface area contributed by atoms with Gasteiger partial charge in [-0.05, 0) is 43.9 Å². The molecule has 0 aromatic rings. The SMILES string of the molecule is C=C1C2[C@H](OC(C)=O)[C@]3(C(C)(C)O)C[C@H](O)C(C)=C3[C@@H](OC(C)=O)[C@H](OC(C)=O)[C@]2(C)[C@@H](OC(C)=O)C[C@@H]1O. The molecule has 2 saturated carbocycles. The minimum atomic E-state index is -1.73. The number of hydrogen-bond acceptors (Lipinski definition) is 11. The van der Waals surface area contributed by atoms with E-state index in [1.54, 1.807) is 13.8 Å². The number of carbonyl (C=O) groups is 4. The molecule has 0 saturated heterocycles. The second-order valence-electron chi connectivity index (χ2n) is 11.7. The first kappa shape index (κ1) is 30.8. The summed E-state index contributed by atoms with van der Waals surface area (Å²) in [5.41, 5.74) is -4.07. The van der Waals surface area contributed by atoms with Crippen LogP contribution >= 0.6 is 0 Å². The predicted molar refractivity (Wildman–Crippen MR) is 136 cm³/mol. The van der Waals surface area contributed by atoms with Gasteiger partial charge in [-0.25, -0.2) is 0 Å². The minimum Gasteiger partial charge on any atom is -0.462 e. The number of hydrogen-bond donors (Lipinski definition) is 3. The molecule has 3 aliphatic carbocycles. The van der Waals surface area contributed by atoms with Crippen molar-refractivity contribution >= 4 is 23.9 Å². The number of rotatable bonds is 5. The van der Waals surface area contributed by atoms with Crippen molar-refractivity contribution in [3.8, 4) is 0 Å². The van der Waals surface area contributed by atoms with Crippen LogP contribution < -0.4 is 0 Å². The molecule has 9 atom stereocenters. The summed E-state index contributed by atoms with van der Waals surface area (Å²) >= 11 is 0. The molecule has 0 bridgehead atoms. The summed E-state index contributed by atoms with van der Waals surface area (Å²) in [5.74, 6) is -3.99. The average molecular weight is 553 g/mol. The lowest BCUT2D eigenvalue weighted by Gasteiger charge is -2.55. The third-order valence-electron chi connectivity index (χ3n) is 8.79. The van der Waals surface area contributed by atoms with Gasteiger partial charge >= 0.3 is 23.9 Å². The zero-order valence-electron chi connectivity index (χ0n) is 23.8. The number of aliphatic hydroxyl groups excluding tert-OH is 2. The molecule has 0 amide bonds. The van der Waals surface area contributed by atoms with E-state index in [0.29, 0.717) is 5.57 Å². The Bertz CT molecular complexity index is 1100. The largest absolute Gasteiger partial charge is 0.462 e. The summed E-state index contributed by atoms with van der Waals surface area (Å²) in [6.45, 7) is 15.0. The number of aliphatic hydroxyl groups is 3. The van der Waals surface area contributed by atoms with Crippen molar-refractivity contribution in [2.75, 3.05) is 0 Å². The molecule has 0 aromatic heterocycles. The first-order valence-corrected chi connectivity index (χ1v) is 13.0. The normalized spacial score (nSPS) is 38.2. The highest BCUT2D eigenvalue weighted by Crippen LogP contribution is 2.66. The summed E-state index contributed by atoms with van der Waals surface area (Å²) in [6, 6.07) is 0. The maximum atomic E-state index is 12.7. The van der Waals surface area contributed by atoms with E-state index in [0.717, 1.165) is 0 Å². The molecule has 2 fully saturated rings. The van der Waals surface area contributed by atoms with Crippen LogP contribution in [0.3, 0.4) is 0 Å². The van der Waals surface area contributed by atoms with Crippen LogP contribution in [0.25, 0.3) is 0 Å². The zero-order chi connectivity index (χ0) is 29.8. The van der Waals surface area contributed by atoms with E-state index in [4.69, 9.17) is 18.9 Å². The molecule has 39 heavy (non-hydrogen) atoms. The van der Waals surface area contributed by atoms with Gasteiger partial charge in [0.2, 0.25) is 0 Å². The van der Waals surface area contributed by atoms with Crippen molar-refractivity contribution in [2.24, 2.45) is 16.7 Å². The van der Waals surface area contributed by atoms with Crippen LogP contribution in [0.5, 0.6) is 0 Å². The topological polar surface area (TPSA) is 166 Å². The molecule has 3 N–H and O–H groups in total. The van der Waals surface area contributed by atoms with Crippen molar-refractivity contribution in [3.63, 3.8) is 0 Å². The Hall–Kier alpha value is -2.76. The van der Waals surface area contributed by atoms with Crippen LogP contribution in [0.4, 0.5) is 0 Å². The van der Waals surface area contributed by atoms with Crippen LogP contribution in [0.15, 0.2) is 23.3 Å². The molecule has 0 aromatic carbocycles. The number of carbonyl (C=O) groups excluding carboxylic acids is 4. The molecule has 0 radical (unpaired) electrons. The quantitative estimate of drug-likeness (QED) is 0.257. The van der Waals surface area contributed by atoms with Crippen molar-refractivity contribution < 1.29 is 53.4 Å². The Morgan fingerprint density at radius 3 is 1.82 bits per heavy atom. The summed E-state index contributed by atoms with van der Waals surface area (Å²) in [6.07, 6.45) is -7.83. The van der Waals surface area contributed by atoms with E-state index in [-0.39, 0.29) is 24.0 Å². The first-order valence-electron chi connectivity index (χ1n) is 13.0. The lowest BCUT2D eigenvalue weighted by atomic mass is 9.54. The Labute approximate surface area is 228 Å². The summed E-state index contributed by atoms with van der Waals surface area (Å²) in [4.78, 5) is 50.1. The molecule has 0 spiro atoms. The lowest BCUT2D eigenvalue weighted by molar-refractivity contribution is -0.215. The molecule has 0 aliphatic heterocycles. The molecule has 11 nitrogen and oxygen atoms in total. The van der Waals surface area contributed by atoms with Crippen LogP contribution in [-0.4, -0.2) is 81.4 Å². The van der Waals surface area contributed by atoms with Crippen molar-refractivity contribution in [1.82, 2.24) is 0 Å². The highest BCUT2D eigenvalue weighted by molar-refractivity contribution is 5.70. The summed E-state index contributed by atoms with van der Waals surface area (Å²) in [5, 5.41) is 34.1. The third kappa shape index (κ3) is 4.89. The zero-order valence-corrected chi connectivity index (χ0v) is 23.8.